The molecule has 25 heavy (non-hydrogen) atoms. The lowest BCUT2D eigenvalue weighted by molar-refractivity contribution is 0.412. The molecule has 0 spiro atoms. The molecule has 0 amide bonds. The summed E-state index contributed by atoms with van der Waals surface area (Å²) >= 11 is 6.35. The van der Waals surface area contributed by atoms with Crippen LogP contribution in [0, 0.1) is 0 Å². The number of aromatic nitrogens is 1. The van der Waals surface area contributed by atoms with Gasteiger partial charge in [-0.2, -0.15) is 0 Å². The van der Waals surface area contributed by atoms with Gasteiger partial charge >= 0.3 is 0 Å². The van der Waals surface area contributed by atoms with E-state index in [0.29, 0.717) is 12.6 Å². The zero-order valence-electron chi connectivity index (χ0n) is 14.4. The Kier molecular flexibility index (Phi) is 6.17. The van der Waals surface area contributed by atoms with Crippen molar-refractivity contribution in [1.29, 1.82) is 0 Å². The van der Waals surface area contributed by atoms with Crippen molar-refractivity contribution in [2.24, 2.45) is 4.99 Å². The number of nitrogens with one attached hydrogen (secondary N) is 2. The van der Waals surface area contributed by atoms with Crippen molar-refractivity contribution in [2.45, 2.75) is 32.4 Å². The summed E-state index contributed by atoms with van der Waals surface area (Å²) < 4.78 is 4.85. The third-order valence-electron chi connectivity index (χ3n) is 4.19. The van der Waals surface area contributed by atoms with Crippen LogP contribution in [0.25, 0.3) is 0 Å². The van der Waals surface area contributed by atoms with Gasteiger partial charge in [0.25, 0.3) is 0 Å². The van der Waals surface area contributed by atoms with Crippen molar-refractivity contribution in [3.8, 4) is 0 Å². The van der Waals surface area contributed by atoms with E-state index in [1.807, 2.05) is 24.3 Å². The normalized spacial score (nSPS) is 18.2. The van der Waals surface area contributed by atoms with Gasteiger partial charge in [-0.1, -0.05) is 28.9 Å². The summed E-state index contributed by atoms with van der Waals surface area (Å²) in [6.07, 6.45) is 3.79. The van der Waals surface area contributed by atoms with Crippen molar-refractivity contribution >= 4 is 23.2 Å². The molecule has 0 bridgehead atoms. The molecule has 1 atom stereocenters. The van der Waals surface area contributed by atoms with Crippen LogP contribution >= 0.6 is 11.6 Å². The van der Waals surface area contributed by atoms with Gasteiger partial charge in [-0.05, 0) is 31.9 Å². The van der Waals surface area contributed by atoms with Crippen LogP contribution in [0.15, 0.2) is 46.1 Å². The van der Waals surface area contributed by atoms with E-state index in [0.717, 1.165) is 54.8 Å². The van der Waals surface area contributed by atoms with Crippen molar-refractivity contribution in [3.05, 3.63) is 47.3 Å². The largest absolute Gasteiger partial charge is 0.368 e. The van der Waals surface area contributed by atoms with E-state index in [1.54, 1.807) is 6.26 Å². The summed E-state index contributed by atoms with van der Waals surface area (Å²) in [7, 11) is 0. The summed E-state index contributed by atoms with van der Waals surface area (Å²) in [6, 6.07) is 10.2. The zero-order chi connectivity index (χ0) is 17.5. The summed E-state index contributed by atoms with van der Waals surface area (Å²) in [6.45, 7) is 5.29. The van der Waals surface area contributed by atoms with E-state index < -0.39 is 0 Å². The maximum atomic E-state index is 6.35. The van der Waals surface area contributed by atoms with Crippen molar-refractivity contribution in [2.75, 3.05) is 24.5 Å². The fourth-order valence-electron chi connectivity index (χ4n) is 3.01. The molecule has 0 radical (unpaired) electrons. The highest BCUT2D eigenvalue weighted by molar-refractivity contribution is 6.33. The molecule has 6 nitrogen and oxygen atoms in total. The van der Waals surface area contributed by atoms with Crippen LogP contribution < -0.4 is 15.5 Å². The number of guanidine groups is 1. The molecule has 1 fully saturated rings. The number of nitrogens with zero attached hydrogens (tertiary/aromatic N) is 3. The molecule has 2 N–H and O–H groups in total. The first-order valence-corrected chi connectivity index (χ1v) is 9.07. The van der Waals surface area contributed by atoms with E-state index in [4.69, 9.17) is 16.1 Å². The average Bonchev–Trinajstić information content (AvgIpc) is 3.14. The number of hydrogen-bond donors (Lipinski definition) is 2. The Balaban J connectivity index is 1.63. The molecule has 2 heterocycles. The topological polar surface area (TPSA) is 65.7 Å². The number of para-hydroxylation sites is 1. The number of rotatable bonds is 5. The van der Waals surface area contributed by atoms with E-state index in [1.165, 1.54) is 0 Å². The lowest BCUT2D eigenvalue weighted by Gasteiger charge is -2.35. The second-order valence-electron chi connectivity index (χ2n) is 6.07. The number of benzene rings is 1. The van der Waals surface area contributed by atoms with E-state index in [9.17, 15) is 0 Å². The minimum absolute atomic E-state index is 0.320. The number of halogens is 1. The first-order valence-electron chi connectivity index (χ1n) is 8.70. The fourth-order valence-corrected chi connectivity index (χ4v) is 3.27. The van der Waals surface area contributed by atoms with Gasteiger partial charge in [-0.15, -0.1) is 0 Å². The van der Waals surface area contributed by atoms with Crippen molar-refractivity contribution in [3.63, 3.8) is 0 Å². The van der Waals surface area contributed by atoms with Crippen LogP contribution in [0.5, 0.6) is 0 Å². The number of anilines is 1. The summed E-state index contributed by atoms with van der Waals surface area (Å²) in [5.74, 6) is 0.802. The number of hydrogen-bond acceptors (Lipinski definition) is 4. The van der Waals surface area contributed by atoms with E-state index in [-0.39, 0.29) is 0 Å². The number of aliphatic imine (C=N–C) groups is 1. The number of piperidine rings is 1. The Morgan fingerprint density at radius 3 is 3.04 bits per heavy atom. The monoisotopic (exact) mass is 361 g/mol. The lowest BCUT2D eigenvalue weighted by Crippen LogP contribution is -2.51. The van der Waals surface area contributed by atoms with Gasteiger partial charge in [0.2, 0.25) is 0 Å². The second-order valence-corrected chi connectivity index (χ2v) is 6.47. The third-order valence-corrected chi connectivity index (χ3v) is 4.51. The van der Waals surface area contributed by atoms with Gasteiger partial charge in [-0.25, -0.2) is 4.99 Å². The van der Waals surface area contributed by atoms with Crippen LogP contribution in [0.4, 0.5) is 5.69 Å². The molecule has 0 saturated carbocycles. The molecule has 1 aromatic carbocycles. The first-order chi connectivity index (χ1) is 12.3. The molecular formula is C18H24ClN5O. The smallest absolute Gasteiger partial charge is 0.191 e. The highest BCUT2D eigenvalue weighted by Gasteiger charge is 2.22. The maximum Gasteiger partial charge on any atom is 0.191 e. The van der Waals surface area contributed by atoms with Crippen LogP contribution in [-0.2, 0) is 6.54 Å². The minimum Gasteiger partial charge on any atom is -0.368 e. The Labute approximate surface area is 153 Å². The zero-order valence-corrected chi connectivity index (χ0v) is 15.2. The van der Waals surface area contributed by atoms with E-state index in [2.05, 4.69) is 38.7 Å². The Morgan fingerprint density at radius 1 is 1.40 bits per heavy atom. The van der Waals surface area contributed by atoms with Crippen LogP contribution in [0.1, 0.15) is 25.5 Å². The molecular weight excluding hydrogens is 338 g/mol. The second kappa shape index (κ2) is 8.76. The lowest BCUT2D eigenvalue weighted by atomic mass is 10.0. The molecule has 0 aliphatic carbocycles. The minimum atomic E-state index is 0.320. The third kappa shape index (κ3) is 4.89. The highest BCUT2D eigenvalue weighted by atomic mass is 35.5. The quantitative estimate of drug-likeness (QED) is 0.633. The fraction of sp³-hybridized carbons (Fsp3) is 0.444. The molecule has 2 aromatic rings. The van der Waals surface area contributed by atoms with Gasteiger partial charge in [0.05, 0.1) is 17.3 Å². The molecule has 7 heteroatoms. The molecule has 1 unspecified atom stereocenters. The van der Waals surface area contributed by atoms with Gasteiger partial charge < -0.3 is 20.1 Å². The van der Waals surface area contributed by atoms with Gasteiger partial charge in [0, 0.05) is 31.7 Å². The SMILES string of the molecule is CCNC(=NCc1ccon1)NC1CCCN(c2ccccc2Cl)C1. The molecule has 1 aliphatic heterocycles. The van der Waals surface area contributed by atoms with Gasteiger partial charge in [0.15, 0.2) is 5.96 Å². The highest BCUT2D eigenvalue weighted by Crippen LogP contribution is 2.27. The Bertz CT molecular complexity index is 689. The molecule has 1 aliphatic rings. The predicted octanol–water partition coefficient (Wildman–Crippen LogP) is 3.05. The first kappa shape index (κ1) is 17.6. The predicted molar refractivity (Wildman–Crippen MR) is 101 cm³/mol. The van der Waals surface area contributed by atoms with Gasteiger partial charge in [0.1, 0.15) is 12.0 Å². The summed E-state index contributed by atoms with van der Waals surface area (Å²) in [5.41, 5.74) is 1.92. The summed E-state index contributed by atoms with van der Waals surface area (Å²) in [4.78, 5) is 6.93. The van der Waals surface area contributed by atoms with Crippen LogP contribution in [-0.4, -0.2) is 36.8 Å². The van der Waals surface area contributed by atoms with Gasteiger partial charge in [-0.3, -0.25) is 0 Å². The molecule has 1 aromatic heterocycles. The van der Waals surface area contributed by atoms with E-state index >= 15 is 0 Å². The van der Waals surface area contributed by atoms with Crippen LogP contribution in [0.3, 0.4) is 0 Å². The molecule has 1 saturated heterocycles. The summed E-state index contributed by atoms with van der Waals surface area (Å²) in [5, 5.41) is 11.5. The Morgan fingerprint density at radius 2 is 2.28 bits per heavy atom. The van der Waals surface area contributed by atoms with Crippen molar-refractivity contribution in [1.82, 2.24) is 15.8 Å². The maximum absolute atomic E-state index is 6.35. The van der Waals surface area contributed by atoms with Crippen LogP contribution in [0.2, 0.25) is 5.02 Å². The molecule has 134 valence electrons. The molecule has 3 rings (SSSR count). The van der Waals surface area contributed by atoms with Crippen molar-refractivity contribution < 1.29 is 4.52 Å². The average molecular weight is 362 g/mol. The standard InChI is InChI=1S/C18H24ClN5O/c1-2-20-18(21-12-14-9-11-25-23-14)22-15-6-5-10-24(13-15)17-8-4-3-7-16(17)19/h3-4,7-9,11,15H,2,5-6,10,12-13H2,1H3,(H2,20,21,22). The Hall–Kier alpha value is -2.21.